The van der Waals surface area contributed by atoms with Gasteiger partial charge in [0.2, 0.25) is 0 Å². The minimum atomic E-state index is -0.383. The summed E-state index contributed by atoms with van der Waals surface area (Å²) in [7, 11) is 3.90. The molecule has 0 spiro atoms. The van der Waals surface area contributed by atoms with E-state index in [0.29, 0.717) is 6.42 Å². The third-order valence-corrected chi connectivity index (χ3v) is 4.79. The molecule has 1 aromatic rings. The van der Waals surface area contributed by atoms with Gasteiger partial charge in [-0.05, 0) is 51.5 Å². The molecule has 0 unspecified atom stereocenters. The predicted molar refractivity (Wildman–Crippen MR) is 126 cm³/mol. The number of hydrogen-bond donors (Lipinski definition) is 1. The van der Waals surface area contributed by atoms with Gasteiger partial charge in [-0.25, -0.2) is 0 Å². The van der Waals surface area contributed by atoms with Gasteiger partial charge in [0.15, 0.2) is 5.96 Å². The van der Waals surface area contributed by atoms with Crippen LogP contribution in [0.25, 0.3) is 0 Å². The molecule has 5 nitrogen and oxygen atoms in total. The first-order valence-corrected chi connectivity index (χ1v) is 10.4. The van der Waals surface area contributed by atoms with E-state index in [0.717, 1.165) is 51.2 Å². The Morgan fingerprint density at radius 3 is 2.56 bits per heavy atom. The Labute approximate surface area is 186 Å². The Hall–Kier alpha value is -0.830. The van der Waals surface area contributed by atoms with Crippen molar-refractivity contribution in [3.8, 4) is 0 Å². The summed E-state index contributed by atoms with van der Waals surface area (Å²) in [5, 5.41) is 5.53. The first kappa shape index (κ1) is 26.2. The summed E-state index contributed by atoms with van der Waals surface area (Å²) in [6.07, 6.45) is 5.67. The summed E-state index contributed by atoms with van der Waals surface area (Å²) in [5.74, 6) is 0.846. The fourth-order valence-corrected chi connectivity index (χ4v) is 3.26. The van der Waals surface area contributed by atoms with Crippen molar-refractivity contribution in [2.24, 2.45) is 4.99 Å². The Balaban J connectivity index is 0.00000676. The molecule has 1 heterocycles. The molecule has 1 N–H and O–H groups in total. The maximum atomic E-state index is 11.6. The first-order chi connectivity index (χ1) is 12.3. The van der Waals surface area contributed by atoms with Crippen LogP contribution in [0.2, 0.25) is 0 Å². The first-order valence-electron chi connectivity index (χ1n) is 9.48. The summed E-state index contributed by atoms with van der Waals surface area (Å²) in [6, 6.07) is 4.27. The van der Waals surface area contributed by atoms with Gasteiger partial charge in [0.25, 0.3) is 0 Å². The molecule has 0 saturated carbocycles. The lowest BCUT2D eigenvalue weighted by molar-refractivity contribution is -0.154. The normalized spacial score (nSPS) is 11.7. The molecule has 0 radical (unpaired) electrons. The lowest BCUT2D eigenvalue weighted by atomic mass is 10.1. The average molecular weight is 509 g/mol. The van der Waals surface area contributed by atoms with Crippen LogP contribution in [-0.2, 0) is 16.0 Å². The Morgan fingerprint density at radius 1 is 1.26 bits per heavy atom. The number of likely N-dealkylation sites (N-methyl/N-ethyl adjacent to an activating group) is 1. The molecule has 0 aliphatic carbocycles. The van der Waals surface area contributed by atoms with Gasteiger partial charge < -0.3 is 15.0 Å². The highest BCUT2D eigenvalue weighted by Crippen LogP contribution is 2.11. The van der Waals surface area contributed by atoms with Crippen molar-refractivity contribution < 1.29 is 9.53 Å². The van der Waals surface area contributed by atoms with Crippen LogP contribution in [0.4, 0.5) is 0 Å². The minimum Gasteiger partial charge on any atom is -0.460 e. The van der Waals surface area contributed by atoms with E-state index in [2.05, 4.69) is 39.8 Å². The number of unbranched alkanes of at least 4 members (excludes halogenated alkanes) is 3. The molecule has 7 heteroatoms. The van der Waals surface area contributed by atoms with Gasteiger partial charge in [0.05, 0.1) is 0 Å². The van der Waals surface area contributed by atoms with Crippen LogP contribution in [0.15, 0.2) is 22.5 Å². The zero-order valence-corrected chi connectivity index (χ0v) is 20.6. The smallest absolute Gasteiger partial charge is 0.306 e. The van der Waals surface area contributed by atoms with Crippen molar-refractivity contribution in [1.29, 1.82) is 0 Å². The van der Waals surface area contributed by atoms with Crippen molar-refractivity contribution >= 4 is 47.2 Å². The van der Waals surface area contributed by atoms with E-state index in [-0.39, 0.29) is 35.5 Å². The molecule has 1 aromatic heterocycles. The number of guanidine groups is 1. The zero-order valence-electron chi connectivity index (χ0n) is 17.4. The fourth-order valence-electron chi connectivity index (χ4n) is 2.56. The van der Waals surface area contributed by atoms with E-state index < -0.39 is 0 Å². The fraction of sp³-hybridized carbons (Fsp3) is 0.700. The number of carbonyl (C=O) groups excluding carboxylic acids is 1. The van der Waals surface area contributed by atoms with E-state index >= 15 is 0 Å². The third kappa shape index (κ3) is 13.1. The van der Waals surface area contributed by atoms with Crippen LogP contribution >= 0.6 is 35.3 Å². The van der Waals surface area contributed by atoms with Crippen LogP contribution < -0.4 is 5.32 Å². The highest BCUT2D eigenvalue weighted by Gasteiger charge is 2.15. The number of hydrogen-bond acceptors (Lipinski definition) is 4. The summed E-state index contributed by atoms with van der Waals surface area (Å²) in [4.78, 5) is 19.6. The number of thiophene rings is 1. The zero-order chi connectivity index (χ0) is 19.4. The number of carbonyl (C=O) groups is 1. The van der Waals surface area contributed by atoms with E-state index in [1.54, 1.807) is 11.3 Å². The highest BCUT2D eigenvalue weighted by atomic mass is 127. The van der Waals surface area contributed by atoms with E-state index in [4.69, 9.17) is 4.74 Å². The molecule has 156 valence electrons. The van der Waals surface area contributed by atoms with E-state index in [9.17, 15) is 4.79 Å². The van der Waals surface area contributed by atoms with Gasteiger partial charge in [0.1, 0.15) is 5.60 Å². The molecule has 1 rings (SSSR count). The van der Waals surface area contributed by atoms with E-state index in [1.807, 2.05) is 27.8 Å². The molecule has 27 heavy (non-hydrogen) atoms. The molecule has 0 bridgehead atoms. The van der Waals surface area contributed by atoms with Gasteiger partial charge in [0, 0.05) is 38.5 Å². The van der Waals surface area contributed by atoms with E-state index in [1.165, 1.54) is 4.88 Å². The minimum absolute atomic E-state index is 0. The van der Waals surface area contributed by atoms with Crippen LogP contribution in [0.3, 0.4) is 0 Å². The molecule has 0 atom stereocenters. The monoisotopic (exact) mass is 509 g/mol. The Morgan fingerprint density at radius 2 is 1.96 bits per heavy atom. The molecule has 0 saturated heterocycles. The molecular formula is C20H36IN3O2S. The second kappa shape index (κ2) is 14.2. The van der Waals surface area contributed by atoms with Gasteiger partial charge in [-0.3, -0.25) is 9.79 Å². The van der Waals surface area contributed by atoms with Crippen molar-refractivity contribution in [3.63, 3.8) is 0 Å². The van der Waals surface area contributed by atoms with Crippen molar-refractivity contribution in [2.45, 2.75) is 64.9 Å². The number of ether oxygens (including phenoxy) is 1. The summed E-state index contributed by atoms with van der Waals surface area (Å²) >= 11 is 1.80. The number of rotatable bonds is 10. The second-order valence-electron chi connectivity index (χ2n) is 7.48. The summed E-state index contributed by atoms with van der Waals surface area (Å²) in [6.45, 7) is 7.57. The van der Waals surface area contributed by atoms with Gasteiger partial charge >= 0.3 is 5.97 Å². The Bertz CT molecular complexity index is 542. The lowest BCUT2D eigenvalue weighted by Gasteiger charge is -2.21. The number of nitrogens with zero attached hydrogens (tertiary/aromatic N) is 2. The quantitative estimate of drug-likeness (QED) is 0.163. The van der Waals surface area contributed by atoms with Crippen molar-refractivity contribution in [2.75, 3.05) is 27.2 Å². The number of nitrogens with one attached hydrogen (secondary N) is 1. The van der Waals surface area contributed by atoms with Crippen molar-refractivity contribution in [1.82, 2.24) is 10.2 Å². The number of halogens is 1. The van der Waals surface area contributed by atoms with Crippen molar-refractivity contribution in [3.05, 3.63) is 22.4 Å². The highest BCUT2D eigenvalue weighted by molar-refractivity contribution is 14.0. The largest absolute Gasteiger partial charge is 0.460 e. The molecule has 0 aliphatic heterocycles. The lowest BCUT2D eigenvalue weighted by Crippen LogP contribution is -2.40. The maximum Gasteiger partial charge on any atom is 0.306 e. The standard InChI is InChI=1S/C20H35N3O2S.HI/c1-20(2,3)25-18(24)12-8-6-7-9-14-22-19(21-4)23(5)15-13-17-11-10-16-26-17;/h10-11,16H,6-9,12-15H2,1-5H3,(H,21,22);1H. The predicted octanol–water partition coefficient (Wildman–Crippen LogP) is 4.71. The third-order valence-electron chi connectivity index (χ3n) is 3.86. The summed E-state index contributed by atoms with van der Waals surface area (Å²) in [5.41, 5.74) is -0.383. The van der Waals surface area contributed by atoms with Gasteiger partial charge in [-0.2, -0.15) is 0 Å². The Kier molecular flexibility index (Phi) is 13.8. The topological polar surface area (TPSA) is 53.9 Å². The van der Waals surface area contributed by atoms with Gasteiger partial charge in [-0.15, -0.1) is 35.3 Å². The molecule has 0 amide bonds. The number of aliphatic imine (C=N–C) groups is 1. The second-order valence-corrected chi connectivity index (χ2v) is 8.51. The molecule has 0 aromatic carbocycles. The maximum absolute atomic E-state index is 11.6. The molecular weight excluding hydrogens is 473 g/mol. The average Bonchev–Trinajstić information content (AvgIpc) is 3.07. The van der Waals surface area contributed by atoms with Crippen LogP contribution in [0.1, 0.15) is 57.8 Å². The molecule has 0 fully saturated rings. The SMILES string of the molecule is CN=C(NCCCCCCC(=O)OC(C)(C)C)N(C)CCc1cccs1.I. The number of esters is 1. The molecule has 0 aliphatic rings. The van der Waals surface area contributed by atoms with Crippen LogP contribution in [0, 0.1) is 0 Å². The summed E-state index contributed by atoms with van der Waals surface area (Å²) < 4.78 is 5.32. The van der Waals surface area contributed by atoms with Crippen LogP contribution in [0.5, 0.6) is 0 Å². The van der Waals surface area contributed by atoms with Gasteiger partial charge in [-0.1, -0.05) is 18.9 Å². The van der Waals surface area contributed by atoms with Crippen LogP contribution in [-0.4, -0.2) is 49.6 Å².